The third kappa shape index (κ3) is 6.94. The fourth-order valence-electron chi connectivity index (χ4n) is 2.57. The Kier molecular flexibility index (Phi) is 8.14. The van der Waals surface area contributed by atoms with Gasteiger partial charge in [-0.3, -0.25) is 25.7 Å². The summed E-state index contributed by atoms with van der Waals surface area (Å²) in [5, 5.41) is 27.2. The van der Waals surface area contributed by atoms with E-state index in [1.807, 2.05) is 0 Å². The summed E-state index contributed by atoms with van der Waals surface area (Å²) in [5.41, 5.74) is 9.63. The SMILES string of the molecule is N=C(N)c1ccc(CNC(CO)C(=O)NCC(=O)NN2CCNCC2)cc1. The molecule has 0 saturated carbocycles. The fraction of sp³-hybridized carbons (Fsp3) is 0.471. The minimum Gasteiger partial charge on any atom is -0.394 e. The number of hydrogen-bond acceptors (Lipinski definition) is 7. The lowest BCUT2D eigenvalue weighted by atomic mass is 10.1. The van der Waals surface area contributed by atoms with Crippen LogP contribution in [0.1, 0.15) is 11.1 Å². The molecular weight excluding hydrogens is 350 g/mol. The van der Waals surface area contributed by atoms with Crippen molar-refractivity contribution < 1.29 is 14.7 Å². The predicted molar refractivity (Wildman–Crippen MR) is 101 cm³/mol. The first kappa shape index (κ1) is 20.8. The van der Waals surface area contributed by atoms with Gasteiger partial charge in [-0.25, -0.2) is 5.01 Å². The number of nitrogens with one attached hydrogen (secondary N) is 5. The van der Waals surface area contributed by atoms with E-state index in [0.717, 1.165) is 18.7 Å². The number of amides is 2. The van der Waals surface area contributed by atoms with Crippen LogP contribution in [0.4, 0.5) is 0 Å². The quantitative estimate of drug-likeness (QED) is 0.185. The number of rotatable bonds is 9. The van der Waals surface area contributed by atoms with E-state index in [-0.39, 0.29) is 18.3 Å². The number of carbonyl (C=O) groups excluding carboxylic acids is 2. The van der Waals surface area contributed by atoms with E-state index in [1.165, 1.54) is 0 Å². The molecular formula is C17H27N7O3. The zero-order valence-corrected chi connectivity index (χ0v) is 15.1. The van der Waals surface area contributed by atoms with Gasteiger partial charge in [0.1, 0.15) is 11.9 Å². The van der Waals surface area contributed by atoms with Crippen LogP contribution in [0.5, 0.6) is 0 Å². The second-order valence-corrected chi connectivity index (χ2v) is 6.22. The van der Waals surface area contributed by atoms with Gasteiger partial charge in [0.15, 0.2) is 0 Å². The molecule has 10 heteroatoms. The highest BCUT2D eigenvalue weighted by atomic mass is 16.3. The standard InChI is InChI=1S/C17H27N7O3/c18-16(19)13-3-1-12(2-4-13)9-21-14(11-25)17(27)22-10-15(26)23-24-7-5-20-6-8-24/h1-4,14,20-21,25H,5-11H2,(H3,18,19)(H,22,27)(H,23,26). The van der Waals surface area contributed by atoms with Crippen LogP contribution in [0.3, 0.4) is 0 Å². The van der Waals surface area contributed by atoms with Gasteiger partial charge in [0, 0.05) is 38.3 Å². The fourth-order valence-corrected chi connectivity index (χ4v) is 2.57. The van der Waals surface area contributed by atoms with E-state index in [0.29, 0.717) is 25.2 Å². The monoisotopic (exact) mass is 377 g/mol. The van der Waals surface area contributed by atoms with Gasteiger partial charge in [0.05, 0.1) is 13.2 Å². The lowest BCUT2D eigenvalue weighted by molar-refractivity contribution is -0.130. The van der Waals surface area contributed by atoms with Crippen molar-refractivity contribution in [2.24, 2.45) is 5.73 Å². The van der Waals surface area contributed by atoms with E-state index in [4.69, 9.17) is 11.1 Å². The summed E-state index contributed by atoms with van der Waals surface area (Å²) in [6, 6.07) is 6.18. The highest BCUT2D eigenvalue weighted by Gasteiger charge is 2.18. The number of aliphatic hydroxyl groups is 1. The lowest BCUT2D eigenvalue weighted by Crippen LogP contribution is -2.55. The van der Waals surface area contributed by atoms with E-state index in [9.17, 15) is 14.7 Å². The molecule has 27 heavy (non-hydrogen) atoms. The predicted octanol–water partition coefficient (Wildman–Crippen LogP) is -2.53. The molecule has 8 N–H and O–H groups in total. The van der Waals surface area contributed by atoms with Gasteiger partial charge in [-0.2, -0.15) is 0 Å². The third-order valence-electron chi connectivity index (χ3n) is 4.14. The number of piperazine rings is 1. The molecule has 10 nitrogen and oxygen atoms in total. The van der Waals surface area contributed by atoms with Crippen molar-refractivity contribution in [1.29, 1.82) is 5.41 Å². The Bertz CT molecular complexity index is 644. The molecule has 1 aliphatic heterocycles. The van der Waals surface area contributed by atoms with Crippen LogP contribution in [0, 0.1) is 5.41 Å². The zero-order valence-electron chi connectivity index (χ0n) is 15.1. The van der Waals surface area contributed by atoms with Crippen LogP contribution in [-0.2, 0) is 16.1 Å². The Morgan fingerprint density at radius 1 is 1.26 bits per heavy atom. The van der Waals surface area contributed by atoms with E-state index >= 15 is 0 Å². The molecule has 0 radical (unpaired) electrons. The van der Waals surface area contributed by atoms with Gasteiger partial charge >= 0.3 is 0 Å². The number of carbonyl (C=O) groups is 2. The summed E-state index contributed by atoms with van der Waals surface area (Å²) >= 11 is 0. The molecule has 1 unspecified atom stereocenters. The normalized spacial score (nSPS) is 15.7. The zero-order chi connectivity index (χ0) is 19.6. The minimum absolute atomic E-state index is 0.0128. The van der Waals surface area contributed by atoms with Crippen LogP contribution in [0.25, 0.3) is 0 Å². The van der Waals surface area contributed by atoms with Crippen molar-refractivity contribution in [3.63, 3.8) is 0 Å². The Morgan fingerprint density at radius 3 is 2.52 bits per heavy atom. The van der Waals surface area contributed by atoms with Crippen molar-refractivity contribution in [1.82, 2.24) is 26.4 Å². The van der Waals surface area contributed by atoms with Crippen molar-refractivity contribution in [3.8, 4) is 0 Å². The van der Waals surface area contributed by atoms with Gasteiger partial charge < -0.3 is 21.5 Å². The first-order valence-electron chi connectivity index (χ1n) is 8.80. The average Bonchev–Trinajstić information content (AvgIpc) is 2.68. The smallest absolute Gasteiger partial charge is 0.253 e. The van der Waals surface area contributed by atoms with Gasteiger partial charge in [-0.15, -0.1) is 0 Å². The first-order chi connectivity index (χ1) is 13.0. The van der Waals surface area contributed by atoms with E-state index < -0.39 is 18.6 Å². The number of amidine groups is 1. The highest BCUT2D eigenvalue weighted by Crippen LogP contribution is 2.04. The second-order valence-electron chi connectivity index (χ2n) is 6.22. The summed E-state index contributed by atoms with van der Waals surface area (Å²) in [6.45, 7) is 2.83. The first-order valence-corrected chi connectivity index (χ1v) is 8.80. The molecule has 1 aromatic rings. The molecule has 1 atom stereocenters. The van der Waals surface area contributed by atoms with Crippen molar-refractivity contribution >= 4 is 17.6 Å². The maximum atomic E-state index is 12.2. The van der Waals surface area contributed by atoms with Gasteiger partial charge in [0.2, 0.25) is 5.91 Å². The summed E-state index contributed by atoms with van der Waals surface area (Å²) in [4.78, 5) is 24.0. The van der Waals surface area contributed by atoms with Gasteiger partial charge in [-0.1, -0.05) is 24.3 Å². The van der Waals surface area contributed by atoms with Crippen LogP contribution in [-0.4, -0.2) is 73.1 Å². The molecule has 0 bridgehead atoms. The van der Waals surface area contributed by atoms with Gasteiger partial charge in [0.25, 0.3) is 5.91 Å². The largest absolute Gasteiger partial charge is 0.394 e. The Morgan fingerprint density at radius 2 is 1.93 bits per heavy atom. The molecule has 1 aliphatic rings. The molecule has 2 amide bonds. The molecule has 2 rings (SSSR count). The topological polar surface area (TPSA) is 156 Å². The molecule has 1 fully saturated rings. The number of nitrogens with two attached hydrogens (primary N) is 1. The van der Waals surface area contributed by atoms with Crippen LogP contribution in [0.2, 0.25) is 0 Å². The molecule has 0 aromatic heterocycles. The summed E-state index contributed by atoms with van der Waals surface area (Å²) < 4.78 is 0. The van der Waals surface area contributed by atoms with Crippen molar-refractivity contribution in [2.45, 2.75) is 12.6 Å². The number of nitrogens with zero attached hydrogens (tertiary/aromatic N) is 1. The summed E-state index contributed by atoms with van der Waals surface area (Å²) in [7, 11) is 0. The number of aliphatic hydroxyl groups excluding tert-OH is 1. The second kappa shape index (κ2) is 10.6. The lowest BCUT2D eigenvalue weighted by Gasteiger charge is -2.27. The number of benzene rings is 1. The van der Waals surface area contributed by atoms with Crippen molar-refractivity contribution in [2.75, 3.05) is 39.3 Å². The molecule has 1 aromatic carbocycles. The Labute approximate surface area is 158 Å². The summed E-state index contributed by atoms with van der Waals surface area (Å²) in [6.07, 6.45) is 0. The summed E-state index contributed by atoms with van der Waals surface area (Å²) in [5.74, 6) is -0.767. The van der Waals surface area contributed by atoms with Crippen LogP contribution in [0.15, 0.2) is 24.3 Å². The maximum Gasteiger partial charge on any atom is 0.253 e. The molecule has 148 valence electrons. The van der Waals surface area contributed by atoms with E-state index in [2.05, 4.69) is 21.4 Å². The van der Waals surface area contributed by atoms with Crippen molar-refractivity contribution in [3.05, 3.63) is 35.4 Å². The maximum absolute atomic E-state index is 12.2. The Balaban J connectivity index is 1.74. The van der Waals surface area contributed by atoms with Crippen LogP contribution >= 0.6 is 0 Å². The Hall–Kier alpha value is -2.53. The molecule has 1 saturated heterocycles. The minimum atomic E-state index is -0.829. The average molecular weight is 377 g/mol. The molecule has 0 aliphatic carbocycles. The molecule has 1 heterocycles. The number of nitrogen functional groups attached to an aromatic ring is 1. The number of hydrazine groups is 1. The molecule has 0 spiro atoms. The van der Waals surface area contributed by atoms with Crippen LogP contribution < -0.4 is 27.1 Å². The third-order valence-corrected chi connectivity index (χ3v) is 4.14. The van der Waals surface area contributed by atoms with E-state index in [1.54, 1.807) is 29.3 Å². The highest BCUT2D eigenvalue weighted by molar-refractivity contribution is 5.94. The number of hydrogen-bond donors (Lipinski definition) is 7. The van der Waals surface area contributed by atoms with Gasteiger partial charge in [-0.05, 0) is 5.56 Å².